The number of hydrogen-bond donors (Lipinski definition) is 1. The van der Waals surface area contributed by atoms with Crippen LogP contribution < -0.4 is 0 Å². The monoisotopic (exact) mass is 448 g/mol. The van der Waals surface area contributed by atoms with Crippen LogP contribution >= 0.6 is 0 Å². The first kappa shape index (κ1) is 22.4. The van der Waals surface area contributed by atoms with E-state index in [-0.39, 0.29) is 12.6 Å². The van der Waals surface area contributed by atoms with Gasteiger partial charge in [-0.25, -0.2) is 14.5 Å². The van der Waals surface area contributed by atoms with Crippen LogP contribution in [0.5, 0.6) is 0 Å². The van der Waals surface area contributed by atoms with Crippen molar-refractivity contribution in [3.63, 3.8) is 0 Å². The number of fused-ring (bicyclic) bond motifs is 1. The number of aromatic nitrogens is 1. The largest absolute Gasteiger partial charge is 0.464 e. The average Bonchev–Trinajstić information content (AvgIpc) is 3.37. The second-order valence-corrected chi connectivity index (χ2v) is 7.53. The minimum Gasteiger partial charge on any atom is -0.464 e. The summed E-state index contributed by atoms with van der Waals surface area (Å²) in [7, 11) is 0. The summed E-state index contributed by atoms with van der Waals surface area (Å²) in [5, 5.41) is 13.5. The Morgan fingerprint density at radius 1 is 1.18 bits per heavy atom. The number of esters is 1. The van der Waals surface area contributed by atoms with Gasteiger partial charge in [0, 0.05) is 28.2 Å². The van der Waals surface area contributed by atoms with Crippen LogP contribution in [0, 0.1) is 0 Å². The number of carbonyl (C=O) groups excluding carboxylic acids is 2. The molecule has 2 aromatic carbocycles. The molecular formula is C25H24N2O6. The van der Waals surface area contributed by atoms with Gasteiger partial charge >= 0.3 is 11.9 Å². The van der Waals surface area contributed by atoms with Crippen molar-refractivity contribution in [3.8, 4) is 0 Å². The van der Waals surface area contributed by atoms with Gasteiger partial charge in [0.25, 0.3) is 0 Å². The third kappa shape index (κ3) is 4.44. The van der Waals surface area contributed by atoms with Crippen molar-refractivity contribution in [2.45, 2.75) is 32.9 Å². The Bertz CT molecular complexity index is 1240. The summed E-state index contributed by atoms with van der Waals surface area (Å²) in [5.74, 6) is -0.850. The normalized spacial score (nSPS) is 15.5. The van der Waals surface area contributed by atoms with Crippen LogP contribution in [0.3, 0.4) is 0 Å². The highest BCUT2D eigenvalue weighted by Gasteiger charge is 2.28. The number of oxime groups is 1. The van der Waals surface area contributed by atoms with E-state index in [1.807, 2.05) is 42.0 Å². The molecular weight excluding hydrogens is 424 g/mol. The maximum atomic E-state index is 12.6. The molecule has 1 aromatic heterocycles. The van der Waals surface area contributed by atoms with Crippen LogP contribution in [-0.4, -0.2) is 34.1 Å². The number of para-hydroxylation sites is 1. The van der Waals surface area contributed by atoms with Crippen LogP contribution in [0.1, 0.15) is 43.0 Å². The van der Waals surface area contributed by atoms with Gasteiger partial charge in [-0.15, -0.1) is 0 Å². The smallest absolute Gasteiger partial charge is 0.368 e. The van der Waals surface area contributed by atoms with Gasteiger partial charge in [0.2, 0.25) is 0 Å². The molecule has 2 heterocycles. The zero-order valence-corrected chi connectivity index (χ0v) is 18.4. The lowest BCUT2D eigenvalue weighted by molar-refractivity contribution is -0.253. The van der Waals surface area contributed by atoms with E-state index in [9.17, 15) is 9.59 Å². The van der Waals surface area contributed by atoms with E-state index in [4.69, 9.17) is 14.8 Å². The molecule has 1 N–H and O–H groups in total. The highest BCUT2D eigenvalue weighted by atomic mass is 17.1. The molecule has 1 unspecified atom stereocenters. The van der Waals surface area contributed by atoms with Gasteiger partial charge in [-0.05, 0) is 31.1 Å². The molecule has 0 fully saturated rings. The average molecular weight is 448 g/mol. The fraction of sp³-hybridized carbons (Fsp3) is 0.240. The van der Waals surface area contributed by atoms with Gasteiger partial charge in [0.1, 0.15) is 18.4 Å². The lowest BCUT2D eigenvalue weighted by Gasteiger charge is -2.16. The lowest BCUT2D eigenvalue weighted by atomic mass is 9.99. The quantitative estimate of drug-likeness (QED) is 0.179. The molecule has 0 saturated heterocycles. The second kappa shape index (κ2) is 9.81. The third-order valence-electron chi connectivity index (χ3n) is 5.51. The van der Waals surface area contributed by atoms with Crippen molar-refractivity contribution in [1.82, 2.24) is 4.57 Å². The van der Waals surface area contributed by atoms with Crippen molar-refractivity contribution in [2.75, 3.05) is 6.61 Å². The van der Waals surface area contributed by atoms with E-state index in [1.165, 1.54) is 0 Å². The summed E-state index contributed by atoms with van der Waals surface area (Å²) in [5.41, 5.74) is 3.81. The molecule has 0 radical (unpaired) electrons. The molecule has 4 rings (SSSR count). The topological polar surface area (TPSA) is 99.4 Å². The minimum absolute atomic E-state index is 0.0590. The molecule has 0 amide bonds. The summed E-state index contributed by atoms with van der Waals surface area (Å²) in [4.78, 5) is 34.2. The fourth-order valence-corrected chi connectivity index (χ4v) is 3.93. The second-order valence-electron chi connectivity index (χ2n) is 7.53. The summed E-state index contributed by atoms with van der Waals surface area (Å²) < 4.78 is 7.16. The lowest BCUT2D eigenvalue weighted by Crippen LogP contribution is -2.20. The molecule has 1 aliphatic rings. The van der Waals surface area contributed by atoms with Crippen LogP contribution in [0.25, 0.3) is 17.0 Å². The maximum Gasteiger partial charge on any atom is 0.368 e. The zero-order valence-electron chi connectivity index (χ0n) is 18.4. The predicted octanol–water partition coefficient (Wildman–Crippen LogP) is 4.49. The zero-order chi connectivity index (χ0) is 23.4. The Hall–Kier alpha value is -3.75. The fourth-order valence-electron chi connectivity index (χ4n) is 3.93. The summed E-state index contributed by atoms with van der Waals surface area (Å²) in [6, 6.07) is 14.3. The summed E-state index contributed by atoms with van der Waals surface area (Å²) >= 11 is 0. The molecule has 0 saturated carbocycles. The van der Waals surface area contributed by atoms with Crippen molar-refractivity contribution >= 4 is 34.6 Å². The van der Waals surface area contributed by atoms with Crippen molar-refractivity contribution in [1.29, 1.82) is 0 Å². The molecule has 8 nitrogen and oxygen atoms in total. The Labute approximate surface area is 190 Å². The highest BCUT2D eigenvalue weighted by Crippen LogP contribution is 2.30. The van der Waals surface area contributed by atoms with Gasteiger partial charge in [0.15, 0.2) is 0 Å². The van der Waals surface area contributed by atoms with Gasteiger partial charge in [0.05, 0.1) is 12.2 Å². The Morgan fingerprint density at radius 2 is 1.94 bits per heavy atom. The number of carbonyl (C=O) groups is 2. The molecule has 3 aromatic rings. The van der Waals surface area contributed by atoms with Gasteiger partial charge in [-0.2, -0.15) is 0 Å². The van der Waals surface area contributed by atoms with Crippen LogP contribution in [0.2, 0.25) is 0 Å². The van der Waals surface area contributed by atoms with E-state index < -0.39 is 12.0 Å². The first-order valence-electron chi connectivity index (χ1n) is 10.7. The molecule has 8 heteroatoms. The van der Waals surface area contributed by atoms with Crippen LogP contribution in [0.4, 0.5) is 0 Å². The van der Waals surface area contributed by atoms with E-state index in [2.05, 4.69) is 10.0 Å². The van der Waals surface area contributed by atoms with Gasteiger partial charge in [-0.3, -0.25) is 5.26 Å². The van der Waals surface area contributed by atoms with E-state index in [1.54, 1.807) is 37.3 Å². The number of nitrogens with zero attached hydrogens (tertiary/aromatic N) is 2. The first-order chi connectivity index (χ1) is 16.1. The maximum absolute atomic E-state index is 12.6. The van der Waals surface area contributed by atoms with E-state index in [0.29, 0.717) is 29.9 Å². The number of rotatable bonds is 8. The van der Waals surface area contributed by atoms with Crippen molar-refractivity contribution < 1.29 is 29.3 Å². The third-order valence-corrected chi connectivity index (χ3v) is 5.51. The molecule has 0 aliphatic carbocycles. The summed E-state index contributed by atoms with van der Waals surface area (Å²) in [6.45, 7) is 4.08. The number of ether oxygens (including phenoxy) is 1. The van der Waals surface area contributed by atoms with Crippen molar-refractivity contribution in [2.24, 2.45) is 5.16 Å². The molecule has 0 bridgehead atoms. The first-order valence-corrected chi connectivity index (χ1v) is 10.7. The minimum atomic E-state index is -0.554. The molecule has 1 atom stereocenters. The van der Waals surface area contributed by atoms with Gasteiger partial charge in [-0.1, -0.05) is 54.5 Å². The van der Waals surface area contributed by atoms with Crippen LogP contribution in [-0.2, 0) is 30.7 Å². The highest BCUT2D eigenvalue weighted by molar-refractivity contribution is 6.31. The summed E-state index contributed by atoms with van der Waals surface area (Å²) in [6.07, 6.45) is 4.15. The molecule has 170 valence electrons. The molecule has 33 heavy (non-hydrogen) atoms. The van der Waals surface area contributed by atoms with E-state index in [0.717, 1.165) is 22.0 Å². The standard InChI is InChI=1S/C25H24N2O6/c1-3-21(25(29)31-4-2)27-14-18(19-7-5-6-8-22(19)27)13-20-23(26-33-24(20)28)17-11-9-16(10-12-17)15-32-30/h5-14,21,30H,3-4,15H2,1-2H3/b20-13-. The predicted molar refractivity (Wildman–Crippen MR) is 122 cm³/mol. The van der Waals surface area contributed by atoms with E-state index >= 15 is 0 Å². The van der Waals surface area contributed by atoms with Crippen LogP contribution in [0.15, 0.2) is 65.5 Å². The Morgan fingerprint density at radius 3 is 2.64 bits per heavy atom. The molecule has 0 spiro atoms. The SMILES string of the molecule is CCOC(=O)C(CC)n1cc(/C=C2\C(=O)ON=C2c2ccc(COO)cc2)c2ccccc21. The number of hydrogen-bond acceptors (Lipinski definition) is 7. The number of benzene rings is 2. The Balaban J connectivity index is 1.77. The Kier molecular flexibility index (Phi) is 6.67. The molecule has 1 aliphatic heterocycles. The van der Waals surface area contributed by atoms with Crippen molar-refractivity contribution in [3.05, 3.63) is 77.0 Å². The van der Waals surface area contributed by atoms with Gasteiger partial charge < -0.3 is 14.1 Å².